The summed E-state index contributed by atoms with van der Waals surface area (Å²) in [5, 5.41) is -0.355. The molecule has 0 saturated heterocycles. The number of rotatable bonds is 4. The van der Waals surface area contributed by atoms with Crippen LogP contribution in [-0.2, 0) is 16.6 Å². The van der Waals surface area contributed by atoms with Gasteiger partial charge in [0.05, 0.1) is 0 Å². The van der Waals surface area contributed by atoms with Crippen LogP contribution in [0.3, 0.4) is 0 Å². The molecule has 0 atom stereocenters. The van der Waals surface area contributed by atoms with Gasteiger partial charge in [0.1, 0.15) is 11.0 Å². The van der Waals surface area contributed by atoms with E-state index in [2.05, 4.69) is 0 Å². The second-order valence-corrected chi connectivity index (χ2v) is 6.24. The molecule has 0 amide bonds. The van der Waals surface area contributed by atoms with E-state index in [4.69, 9.17) is 23.2 Å². The average molecular weight is 286 g/mol. The molecule has 7 heteroatoms. The lowest BCUT2D eigenvalue weighted by molar-refractivity contribution is 0.460. The van der Waals surface area contributed by atoms with Crippen LogP contribution in [0.4, 0.5) is 4.39 Å². The fourth-order valence-electron chi connectivity index (χ4n) is 1.09. The van der Waals surface area contributed by atoms with Gasteiger partial charge in [0, 0.05) is 24.2 Å². The molecule has 16 heavy (non-hydrogen) atoms. The van der Waals surface area contributed by atoms with Gasteiger partial charge in [-0.3, -0.25) is 0 Å². The van der Waals surface area contributed by atoms with Crippen LogP contribution in [0.15, 0.2) is 18.2 Å². The lowest BCUT2D eigenvalue weighted by Crippen LogP contribution is -2.27. The fourth-order valence-corrected chi connectivity index (χ4v) is 2.30. The molecule has 0 radical (unpaired) electrons. The van der Waals surface area contributed by atoms with Crippen molar-refractivity contribution in [2.24, 2.45) is 0 Å². The van der Waals surface area contributed by atoms with Gasteiger partial charge in [-0.25, -0.2) is 12.8 Å². The molecule has 0 bridgehead atoms. The summed E-state index contributed by atoms with van der Waals surface area (Å²) in [6, 6.07) is 4.18. The largest absolute Gasteiger partial charge is 0.228 e. The Hall–Kier alpha value is -0.360. The number of sulfonamides is 1. The van der Waals surface area contributed by atoms with Crippen LogP contribution < -0.4 is 0 Å². The molecular weight excluding hydrogens is 276 g/mol. The number of nitrogens with zero attached hydrogens (tertiary/aromatic N) is 1. The van der Waals surface area contributed by atoms with Crippen molar-refractivity contribution < 1.29 is 12.8 Å². The molecule has 0 heterocycles. The quantitative estimate of drug-likeness (QED) is 0.797. The predicted molar refractivity (Wildman–Crippen MR) is 62.5 cm³/mol. The molecule has 1 aromatic carbocycles. The van der Waals surface area contributed by atoms with Crippen LogP contribution in [-0.4, -0.2) is 25.0 Å². The first-order valence-corrected chi connectivity index (χ1v) is 6.83. The topological polar surface area (TPSA) is 37.4 Å². The number of hydrogen-bond acceptors (Lipinski definition) is 2. The van der Waals surface area contributed by atoms with Gasteiger partial charge in [-0.2, -0.15) is 4.31 Å². The van der Waals surface area contributed by atoms with Crippen LogP contribution in [0.5, 0.6) is 0 Å². The Kier molecular flexibility index (Phi) is 4.55. The lowest BCUT2D eigenvalue weighted by atomic mass is 10.2. The highest BCUT2D eigenvalue weighted by Gasteiger charge is 2.19. The van der Waals surface area contributed by atoms with E-state index in [0.717, 1.165) is 4.31 Å². The minimum Gasteiger partial charge on any atom is -0.211 e. The summed E-state index contributed by atoms with van der Waals surface area (Å²) in [7, 11) is -2.24. The molecule has 0 aliphatic heterocycles. The van der Waals surface area contributed by atoms with Gasteiger partial charge < -0.3 is 0 Å². The highest BCUT2D eigenvalue weighted by molar-refractivity contribution is 7.90. The SMILES string of the molecule is CN(Cc1c(F)cccc1Cl)S(=O)(=O)CCl. The molecule has 0 aromatic heterocycles. The Morgan fingerprint density at radius 1 is 1.44 bits per heavy atom. The van der Waals surface area contributed by atoms with Crippen molar-refractivity contribution in [3.05, 3.63) is 34.6 Å². The molecule has 1 aromatic rings. The first-order chi connectivity index (χ1) is 7.38. The fraction of sp³-hybridized carbons (Fsp3) is 0.333. The summed E-state index contributed by atoms with van der Waals surface area (Å²) in [6.07, 6.45) is 0. The zero-order valence-electron chi connectivity index (χ0n) is 8.45. The normalized spacial score (nSPS) is 12.1. The maximum Gasteiger partial charge on any atom is 0.228 e. The third-order valence-electron chi connectivity index (χ3n) is 2.06. The smallest absolute Gasteiger partial charge is 0.211 e. The van der Waals surface area contributed by atoms with Crippen molar-refractivity contribution >= 4 is 33.2 Å². The lowest BCUT2D eigenvalue weighted by Gasteiger charge is -2.16. The van der Waals surface area contributed by atoms with Crippen molar-refractivity contribution in [2.75, 3.05) is 12.3 Å². The minimum absolute atomic E-state index is 0.138. The number of halogens is 3. The van der Waals surface area contributed by atoms with E-state index in [1.54, 1.807) is 0 Å². The minimum atomic E-state index is -3.56. The highest BCUT2D eigenvalue weighted by atomic mass is 35.5. The van der Waals surface area contributed by atoms with Crippen LogP contribution >= 0.6 is 23.2 Å². The predicted octanol–water partition coefficient (Wildman–Crippen LogP) is 2.44. The zero-order valence-corrected chi connectivity index (χ0v) is 10.8. The maximum atomic E-state index is 13.4. The third-order valence-corrected chi connectivity index (χ3v) is 4.59. The van der Waals surface area contributed by atoms with Crippen molar-refractivity contribution in [3.63, 3.8) is 0 Å². The van der Waals surface area contributed by atoms with Gasteiger partial charge in [0.15, 0.2) is 0 Å². The van der Waals surface area contributed by atoms with Crippen LogP contribution in [0.1, 0.15) is 5.56 Å². The Morgan fingerprint density at radius 3 is 2.56 bits per heavy atom. The summed E-state index contributed by atoms with van der Waals surface area (Å²) in [5.41, 5.74) is 0.139. The van der Waals surface area contributed by atoms with Gasteiger partial charge in [0.25, 0.3) is 0 Å². The molecule has 0 fully saturated rings. The first kappa shape index (κ1) is 13.7. The van der Waals surface area contributed by atoms with E-state index in [1.807, 2.05) is 0 Å². The van der Waals surface area contributed by atoms with Gasteiger partial charge in [-0.05, 0) is 12.1 Å². The maximum absolute atomic E-state index is 13.4. The van der Waals surface area contributed by atoms with Crippen LogP contribution in [0.2, 0.25) is 5.02 Å². The van der Waals surface area contributed by atoms with Crippen molar-refractivity contribution in [3.8, 4) is 0 Å². The Labute approximate surface area is 104 Å². The Morgan fingerprint density at radius 2 is 2.06 bits per heavy atom. The van der Waals surface area contributed by atoms with E-state index in [9.17, 15) is 12.8 Å². The Bertz CT molecular complexity index is 458. The van der Waals surface area contributed by atoms with E-state index < -0.39 is 21.1 Å². The Balaban J connectivity index is 2.98. The molecular formula is C9H10Cl2FNO2S. The molecule has 0 aliphatic carbocycles. The van der Waals surface area contributed by atoms with Gasteiger partial charge in [-0.1, -0.05) is 17.7 Å². The van der Waals surface area contributed by atoms with E-state index in [-0.39, 0.29) is 17.1 Å². The van der Waals surface area contributed by atoms with E-state index in [1.165, 1.54) is 25.2 Å². The van der Waals surface area contributed by atoms with Crippen LogP contribution in [0.25, 0.3) is 0 Å². The first-order valence-electron chi connectivity index (χ1n) is 4.31. The summed E-state index contributed by atoms with van der Waals surface area (Å²) < 4.78 is 37.0. The molecule has 0 spiro atoms. The summed E-state index contributed by atoms with van der Waals surface area (Å²) in [6.45, 7) is -0.138. The van der Waals surface area contributed by atoms with Gasteiger partial charge in [-0.15, -0.1) is 11.6 Å². The zero-order chi connectivity index (χ0) is 12.3. The third kappa shape index (κ3) is 3.07. The molecule has 0 N–H and O–H groups in total. The molecule has 1 rings (SSSR count). The average Bonchev–Trinajstić information content (AvgIpc) is 2.23. The number of benzene rings is 1. The van der Waals surface area contributed by atoms with E-state index >= 15 is 0 Å². The molecule has 0 unspecified atom stereocenters. The van der Waals surface area contributed by atoms with Crippen molar-refractivity contribution in [1.29, 1.82) is 0 Å². The number of hydrogen-bond donors (Lipinski definition) is 0. The second-order valence-electron chi connectivity index (χ2n) is 3.18. The monoisotopic (exact) mass is 285 g/mol. The molecule has 90 valence electrons. The van der Waals surface area contributed by atoms with E-state index in [0.29, 0.717) is 0 Å². The van der Waals surface area contributed by atoms with Crippen LogP contribution in [0, 0.1) is 5.82 Å². The summed E-state index contributed by atoms with van der Waals surface area (Å²) in [4.78, 5) is 0. The van der Waals surface area contributed by atoms with Crippen molar-refractivity contribution in [1.82, 2.24) is 4.31 Å². The molecule has 0 aliphatic rings. The number of alkyl halides is 1. The standard InChI is InChI=1S/C9H10Cl2FNO2S/c1-13(16(14,15)6-10)5-7-8(11)3-2-4-9(7)12/h2-4H,5-6H2,1H3. The second kappa shape index (κ2) is 5.31. The highest BCUT2D eigenvalue weighted by Crippen LogP contribution is 2.21. The summed E-state index contributed by atoms with van der Waals surface area (Å²) in [5.74, 6) is -0.538. The molecule has 0 saturated carbocycles. The summed E-state index contributed by atoms with van der Waals surface area (Å²) >= 11 is 11.0. The molecule has 3 nitrogen and oxygen atoms in total. The van der Waals surface area contributed by atoms with Crippen molar-refractivity contribution in [2.45, 2.75) is 6.54 Å². The van der Waals surface area contributed by atoms with Gasteiger partial charge >= 0.3 is 0 Å². The van der Waals surface area contributed by atoms with Gasteiger partial charge in [0.2, 0.25) is 10.0 Å².